The molecular weight excluding hydrogens is 371 g/mol. The first-order chi connectivity index (χ1) is 9.60. The zero-order valence-electron chi connectivity index (χ0n) is 10.8. The lowest BCUT2D eigenvalue weighted by Gasteiger charge is -2.08. The predicted octanol–water partition coefficient (Wildman–Crippen LogP) is 3.71. The Balaban J connectivity index is 2.15. The highest BCUT2D eigenvalue weighted by atomic mass is 127. The summed E-state index contributed by atoms with van der Waals surface area (Å²) in [5.41, 5.74) is 1.23. The highest BCUT2D eigenvalue weighted by molar-refractivity contribution is 14.1. The molecule has 0 aliphatic carbocycles. The van der Waals surface area contributed by atoms with E-state index in [1.165, 1.54) is 17.7 Å². The summed E-state index contributed by atoms with van der Waals surface area (Å²) in [6, 6.07) is 12.3. The van der Waals surface area contributed by atoms with E-state index in [0.29, 0.717) is 15.1 Å². The van der Waals surface area contributed by atoms with Crippen LogP contribution in [0.3, 0.4) is 0 Å². The predicted molar refractivity (Wildman–Crippen MR) is 85.1 cm³/mol. The standard InChI is InChI=1S/C14H13IN2O3/c1-16-9-10-2-5-12(6-3-10)20-14-7-4-11(17(18)19)8-13(14)15/h2-8,16H,9H2,1H3. The topological polar surface area (TPSA) is 64.4 Å². The molecule has 6 heteroatoms. The van der Waals surface area contributed by atoms with Crippen molar-refractivity contribution in [1.29, 1.82) is 0 Å². The summed E-state index contributed by atoms with van der Waals surface area (Å²) < 4.78 is 6.43. The van der Waals surface area contributed by atoms with E-state index in [9.17, 15) is 10.1 Å². The Morgan fingerprint density at radius 2 is 1.95 bits per heavy atom. The quantitative estimate of drug-likeness (QED) is 0.485. The summed E-state index contributed by atoms with van der Waals surface area (Å²) in [5.74, 6) is 1.31. The number of benzene rings is 2. The van der Waals surface area contributed by atoms with Crippen molar-refractivity contribution in [2.45, 2.75) is 6.54 Å². The Morgan fingerprint density at radius 1 is 1.25 bits per heavy atom. The number of hydrogen-bond donors (Lipinski definition) is 1. The van der Waals surface area contributed by atoms with Gasteiger partial charge in [0.1, 0.15) is 11.5 Å². The summed E-state index contributed by atoms with van der Waals surface area (Å²) >= 11 is 2.03. The Morgan fingerprint density at radius 3 is 2.50 bits per heavy atom. The average Bonchev–Trinajstić information content (AvgIpc) is 2.43. The van der Waals surface area contributed by atoms with Crippen LogP contribution in [0.5, 0.6) is 11.5 Å². The fraction of sp³-hybridized carbons (Fsp3) is 0.143. The van der Waals surface area contributed by atoms with E-state index in [0.717, 1.165) is 6.54 Å². The number of halogens is 1. The molecule has 5 nitrogen and oxygen atoms in total. The molecule has 0 fully saturated rings. The van der Waals surface area contributed by atoms with Crippen molar-refractivity contribution in [1.82, 2.24) is 5.32 Å². The van der Waals surface area contributed by atoms with Gasteiger partial charge in [0.2, 0.25) is 0 Å². The number of nitrogens with one attached hydrogen (secondary N) is 1. The summed E-state index contributed by atoms with van der Waals surface area (Å²) in [6.07, 6.45) is 0. The fourth-order valence-electron chi connectivity index (χ4n) is 1.69. The van der Waals surface area contributed by atoms with Crippen LogP contribution in [0.1, 0.15) is 5.56 Å². The molecule has 0 amide bonds. The van der Waals surface area contributed by atoms with Crippen LogP contribution in [0.25, 0.3) is 0 Å². The van der Waals surface area contributed by atoms with Crippen molar-refractivity contribution in [3.8, 4) is 11.5 Å². The van der Waals surface area contributed by atoms with E-state index in [1.807, 2.05) is 53.9 Å². The second kappa shape index (κ2) is 6.67. The van der Waals surface area contributed by atoms with Gasteiger partial charge in [0, 0.05) is 18.7 Å². The Kier molecular flexibility index (Phi) is 4.91. The molecule has 0 saturated heterocycles. The van der Waals surface area contributed by atoms with Crippen LogP contribution in [0.15, 0.2) is 42.5 Å². The molecule has 20 heavy (non-hydrogen) atoms. The Hall–Kier alpha value is -1.67. The third-order valence-electron chi connectivity index (χ3n) is 2.66. The van der Waals surface area contributed by atoms with Gasteiger partial charge in [-0.25, -0.2) is 0 Å². The highest BCUT2D eigenvalue weighted by Gasteiger charge is 2.10. The van der Waals surface area contributed by atoms with Crippen LogP contribution in [-0.2, 0) is 6.54 Å². The van der Waals surface area contributed by atoms with E-state index in [-0.39, 0.29) is 5.69 Å². The lowest BCUT2D eigenvalue weighted by molar-refractivity contribution is -0.385. The average molecular weight is 384 g/mol. The van der Waals surface area contributed by atoms with E-state index in [4.69, 9.17) is 4.74 Å². The largest absolute Gasteiger partial charge is 0.456 e. The van der Waals surface area contributed by atoms with Crippen molar-refractivity contribution < 1.29 is 9.66 Å². The molecule has 2 rings (SSSR count). The minimum atomic E-state index is -0.418. The monoisotopic (exact) mass is 384 g/mol. The molecule has 0 bridgehead atoms. The molecule has 104 valence electrons. The first kappa shape index (κ1) is 14.7. The number of rotatable bonds is 5. The molecule has 0 radical (unpaired) electrons. The van der Waals surface area contributed by atoms with Crippen LogP contribution in [0.4, 0.5) is 5.69 Å². The maximum atomic E-state index is 10.7. The summed E-state index contributed by atoms with van der Waals surface area (Å²) in [7, 11) is 1.89. The van der Waals surface area contributed by atoms with Crippen molar-refractivity contribution in [2.24, 2.45) is 0 Å². The van der Waals surface area contributed by atoms with Gasteiger partial charge in [0.05, 0.1) is 8.49 Å². The van der Waals surface area contributed by atoms with Gasteiger partial charge in [-0.2, -0.15) is 0 Å². The Bertz CT molecular complexity index is 614. The first-order valence-corrected chi connectivity index (χ1v) is 7.03. The molecule has 0 heterocycles. The van der Waals surface area contributed by atoms with Crippen LogP contribution < -0.4 is 10.1 Å². The first-order valence-electron chi connectivity index (χ1n) is 5.95. The van der Waals surface area contributed by atoms with Gasteiger partial charge < -0.3 is 10.1 Å². The van der Waals surface area contributed by atoms with E-state index in [1.54, 1.807) is 6.07 Å². The lowest BCUT2D eigenvalue weighted by Crippen LogP contribution is -2.04. The number of nitro groups is 1. The lowest BCUT2D eigenvalue weighted by atomic mass is 10.2. The second-order valence-electron chi connectivity index (χ2n) is 4.15. The second-order valence-corrected chi connectivity index (χ2v) is 5.31. The third kappa shape index (κ3) is 3.67. The smallest absolute Gasteiger partial charge is 0.270 e. The number of ether oxygens (including phenoxy) is 1. The normalized spacial score (nSPS) is 10.3. The van der Waals surface area contributed by atoms with Gasteiger partial charge in [-0.3, -0.25) is 10.1 Å². The van der Waals surface area contributed by atoms with E-state index < -0.39 is 4.92 Å². The zero-order chi connectivity index (χ0) is 14.5. The highest BCUT2D eigenvalue weighted by Crippen LogP contribution is 2.29. The molecule has 2 aromatic carbocycles. The van der Waals surface area contributed by atoms with Crippen molar-refractivity contribution in [3.05, 3.63) is 61.7 Å². The summed E-state index contributed by atoms with van der Waals surface area (Å²) in [6.45, 7) is 0.801. The summed E-state index contributed by atoms with van der Waals surface area (Å²) in [5, 5.41) is 13.8. The van der Waals surface area contributed by atoms with Crippen LogP contribution in [0.2, 0.25) is 0 Å². The minimum Gasteiger partial charge on any atom is -0.456 e. The zero-order valence-corrected chi connectivity index (χ0v) is 13.0. The Labute approximate surface area is 130 Å². The molecule has 0 spiro atoms. The van der Waals surface area contributed by atoms with Crippen LogP contribution in [0, 0.1) is 13.7 Å². The van der Waals surface area contributed by atoms with Crippen molar-refractivity contribution in [2.75, 3.05) is 7.05 Å². The molecule has 0 unspecified atom stereocenters. The third-order valence-corrected chi connectivity index (χ3v) is 3.50. The number of non-ortho nitro benzene ring substituents is 1. The van der Waals surface area contributed by atoms with Crippen LogP contribution in [-0.4, -0.2) is 12.0 Å². The maximum Gasteiger partial charge on any atom is 0.270 e. The van der Waals surface area contributed by atoms with Crippen LogP contribution >= 0.6 is 22.6 Å². The van der Waals surface area contributed by atoms with E-state index in [2.05, 4.69) is 5.32 Å². The SMILES string of the molecule is CNCc1ccc(Oc2ccc([N+](=O)[O-])cc2I)cc1. The molecule has 1 N–H and O–H groups in total. The van der Waals surface area contributed by atoms with Gasteiger partial charge >= 0.3 is 0 Å². The van der Waals surface area contributed by atoms with Gasteiger partial charge in [0.25, 0.3) is 5.69 Å². The number of nitrogens with zero attached hydrogens (tertiary/aromatic N) is 1. The molecule has 0 aromatic heterocycles. The number of nitro benzene ring substituents is 1. The molecular formula is C14H13IN2O3. The maximum absolute atomic E-state index is 10.7. The van der Waals surface area contributed by atoms with Crippen molar-refractivity contribution >= 4 is 28.3 Å². The van der Waals surface area contributed by atoms with Gasteiger partial charge in [-0.15, -0.1) is 0 Å². The molecule has 0 atom stereocenters. The van der Waals surface area contributed by atoms with Crippen molar-refractivity contribution in [3.63, 3.8) is 0 Å². The molecule has 0 aliphatic rings. The molecule has 0 aliphatic heterocycles. The van der Waals surface area contributed by atoms with Gasteiger partial charge in [-0.05, 0) is 53.4 Å². The number of hydrogen-bond acceptors (Lipinski definition) is 4. The van der Waals surface area contributed by atoms with Gasteiger partial charge in [0.15, 0.2) is 0 Å². The minimum absolute atomic E-state index is 0.0612. The fourth-order valence-corrected chi connectivity index (χ4v) is 2.30. The van der Waals surface area contributed by atoms with E-state index >= 15 is 0 Å². The molecule has 0 saturated carbocycles. The van der Waals surface area contributed by atoms with Gasteiger partial charge in [-0.1, -0.05) is 12.1 Å². The summed E-state index contributed by atoms with van der Waals surface area (Å²) in [4.78, 5) is 10.3. The molecule has 2 aromatic rings.